The number of aliphatic carboxylic acids is 2. The van der Waals surface area contributed by atoms with E-state index in [0.29, 0.717) is 0 Å². The maximum absolute atomic E-state index is 11.3. The summed E-state index contributed by atoms with van der Waals surface area (Å²) in [5.41, 5.74) is 0. The molecule has 0 radical (unpaired) electrons. The molecule has 0 bridgehead atoms. The van der Waals surface area contributed by atoms with E-state index in [4.69, 9.17) is 19.8 Å². The molecule has 0 amide bonds. The molecule has 0 spiro atoms. The molecule has 0 aliphatic rings. The van der Waals surface area contributed by atoms with Crippen LogP contribution in [-0.2, 0) is 38.7 Å². The second kappa shape index (κ2) is 11.8. The van der Waals surface area contributed by atoms with Crippen LogP contribution in [0.4, 0.5) is 39.5 Å². The van der Waals surface area contributed by atoms with E-state index in [1.807, 2.05) is 0 Å². The fourth-order valence-corrected chi connectivity index (χ4v) is 0.326. The molecule has 6 nitrogen and oxygen atoms in total. The van der Waals surface area contributed by atoms with Crippen molar-refractivity contribution in [3.05, 3.63) is 0 Å². The standard InChI is InChI=1S/C5H5F3O2.2C2HF3O2.Zn/c1-3(9)2-4(10)5(6,7)8;2*3-2(4,5)1(6)7;/h2H2,1H3;2*(H,6,7);/q;;;+2/p-2. The minimum absolute atomic E-state index is 0. The van der Waals surface area contributed by atoms with Gasteiger partial charge in [-0.1, -0.05) is 0 Å². The molecular formula is C9H5F9O6Zn. The van der Waals surface area contributed by atoms with Gasteiger partial charge in [0.05, 0.1) is 6.42 Å². The van der Waals surface area contributed by atoms with E-state index >= 15 is 0 Å². The van der Waals surface area contributed by atoms with Gasteiger partial charge in [0.1, 0.15) is 17.7 Å². The Labute approximate surface area is 144 Å². The van der Waals surface area contributed by atoms with Crippen LogP contribution in [0.3, 0.4) is 0 Å². The normalized spacial score (nSPS) is 10.8. The largest absolute Gasteiger partial charge is 2.00 e. The van der Waals surface area contributed by atoms with Crippen molar-refractivity contribution in [2.24, 2.45) is 0 Å². The molecule has 16 heteroatoms. The maximum atomic E-state index is 11.3. The number of carbonyl (C=O) groups is 4. The number of carboxylic acid groups (broad SMARTS) is 2. The quantitative estimate of drug-likeness (QED) is 0.327. The first-order valence-corrected chi connectivity index (χ1v) is 4.88. The van der Waals surface area contributed by atoms with E-state index < -0.39 is 48.5 Å². The fourth-order valence-electron chi connectivity index (χ4n) is 0.326. The van der Waals surface area contributed by atoms with Crippen molar-refractivity contribution in [1.82, 2.24) is 0 Å². The first kappa shape index (κ1) is 31.1. The van der Waals surface area contributed by atoms with E-state index in [2.05, 4.69) is 0 Å². The summed E-state index contributed by atoms with van der Waals surface area (Å²) in [7, 11) is 0. The third-order valence-corrected chi connectivity index (χ3v) is 1.19. The molecule has 0 unspecified atom stereocenters. The van der Waals surface area contributed by atoms with Crippen molar-refractivity contribution in [3.8, 4) is 0 Å². The molecule has 0 saturated heterocycles. The van der Waals surface area contributed by atoms with Crippen LogP contribution >= 0.6 is 0 Å². The van der Waals surface area contributed by atoms with Gasteiger partial charge in [-0.15, -0.1) is 0 Å². The van der Waals surface area contributed by atoms with Gasteiger partial charge < -0.3 is 19.8 Å². The zero-order valence-corrected chi connectivity index (χ0v) is 14.7. The Morgan fingerprint density at radius 3 is 0.920 bits per heavy atom. The minimum atomic E-state index is -5.19. The van der Waals surface area contributed by atoms with E-state index in [-0.39, 0.29) is 19.5 Å². The predicted molar refractivity (Wildman–Crippen MR) is 48.5 cm³/mol. The average molecular weight is 446 g/mol. The zero-order chi connectivity index (χ0) is 20.5. The molecule has 0 atom stereocenters. The van der Waals surface area contributed by atoms with Gasteiger partial charge in [0.25, 0.3) is 0 Å². The second-order valence-electron chi connectivity index (χ2n) is 3.37. The molecule has 0 saturated carbocycles. The van der Waals surface area contributed by atoms with Crippen molar-refractivity contribution < 1.29 is 88.4 Å². The summed E-state index contributed by atoms with van der Waals surface area (Å²) >= 11 is 0. The third kappa shape index (κ3) is 22.3. The SMILES string of the molecule is CC(=O)CC(=O)C(F)(F)F.O=C([O-])C(F)(F)F.O=C([O-])C(F)(F)F.[Zn+2]. The summed E-state index contributed by atoms with van der Waals surface area (Å²) in [4.78, 5) is 37.5. The molecular weight excluding hydrogens is 440 g/mol. The number of carbonyl (C=O) groups excluding carboxylic acids is 4. The van der Waals surface area contributed by atoms with Gasteiger partial charge in [-0.25, -0.2) is 0 Å². The topological polar surface area (TPSA) is 114 Å². The number of hydrogen-bond donors (Lipinski definition) is 0. The van der Waals surface area contributed by atoms with Crippen LogP contribution in [0.5, 0.6) is 0 Å². The molecule has 0 aromatic heterocycles. The van der Waals surface area contributed by atoms with Crippen molar-refractivity contribution in [3.63, 3.8) is 0 Å². The van der Waals surface area contributed by atoms with E-state index in [9.17, 15) is 49.1 Å². The summed E-state index contributed by atoms with van der Waals surface area (Å²) in [6, 6.07) is 0. The predicted octanol–water partition coefficient (Wildman–Crippen LogP) is -0.308. The van der Waals surface area contributed by atoms with Crippen molar-refractivity contribution in [2.75, 3.05) is 0 Å². The third-order valence-electron chi connectivity index (χ3n) is 1.19. The summed E-state index contributed by atoms with van der Waals surface area (Å²) in [6.45, 7) is 0.934. The van der Waals surface area contributed by atoms with Crippen LogP contribution < -0.4 is 10.2 Å². The van der Waals surface area contributed by atoms with Gasteiger partial charge in [0.2, 0.25) is 5.78 Å². The summed E-state index contributed by atoms with van der Waals surface area (Å²) in [6.07, 6.45) is -16.3. The van der Waals surface area contributed by atoms with E-state index in [1.54, 1.807) is 0 Å². The van der Waals surface area contributed by atoms with Crippen molar-refractivity contribution in [1.29, 1.82) is 0 Å². The Morgan fingerprint density at radius 1 is 0.680 bits per heavy atom. The van der Waals surface area contributed by atoms with E-state index in [1.165, 1.54) is 0 Å². The molecule has 0 N–H and O–H groups in total. The number of Topliss-reactive ketones (excluding diaryl/α,β-unsaturated/α-hetero) is 2. The van der Waals surface area contributed by atoms with Crippen molar-refractivity contribution >= 4 is 23.5 Å². The summed E-state index contributed by atoms with van der Waals surface area (Å²) < 4.78 is 97.0. The van der Waals surface area contributed by atoms with E-state index in [0.717, 1.165) is 6.92 Å². The Bertz CT molecular complexity index is 442. The number of carboxylic acids is 2. The Morgan fingerprint density at radius 2 is 0.880 bits per heavy atom. The molecule has 0 aliphatic carbocycles. The number of rotatable bonds is 2. The number of ketones is 2. The molecule has 142 valence electrons. The Balaban J connectivity index is -0.000000133. The van der Waals surface area contributed by atoms with Gasteiger partial charge in [0.15, 0.2) is 0 Å². The fraction of sp³-hybridized carbons (Fsp3) is 0.556. The molecule has 25 heavy (non-hydrogen) atoms. The zero-order valence-electron chi connectivity index (χ0n) is 11.8. The number of alkyl halides is 9. The van der Waals surface area contributed by atoms with Gasteiger partial charge in [0, 0.05) is 0 Å². The van der Waals surface area contributed by atoms with Crippen LogP contribution in [-0.4, -0.2) is 42.0 Å². The van der Waals surface area contributed by atoms with Gasteiger partial charge >= 0.3 is 38.0 Å². The Hall–Kier alpha value is -1.73. The molecule has 0 rings (SSSR count). The Kier molecular flexibility index (Phi) is 14.6. The van der Waals surface area contributed by atoms with Gasteiger partial charge in [-0.05, 0) is 6.92 Å². The van der Waals surface area contributed by atoms with Crippen LogP contribution in [0.25, 0.3) is 0 Å². The minimum Gasteiger partial charge on any atom is -0.542 e. The van der Waals surface area contributed by atoms with Gasteiger partial charge in [-0.2, -0.15) is 39.5 Å². The summed E-state index contributed by atoms with van der Waals surface area (Å²) in [5, 5.41) is 17.6. The first-order chi connectivity index (χ1) is 10.2. The molecule has 0 aliphatic heterocycles. The van der Waals surface area contributed by atoms with Crippen LogP contribution in [0.2, 0.25) is 0 Å². The maximum Gasteiger partial charge on any atom is 2.00 e. The van der Waals surface area contributed by atoms with Crippen LogP contribution in [0.1, 0.15) is 13.3 Å². The smallest absolute Gasteiger partial charge is 0.542 e. The molecule has 0 fully saturated rings. The van der Waals surface area contributed by atoms with Gasteiger partial charge in [-0.3, -0.25) is 9.59 Å². The number of halogens is 9. The number of hydrogen-bond acceptors (Lipinski definition) is 6. The van der Waals surface area contributed by atoms with Crippen molar-refractivity contribution in [2.45, 2.75) is 31.9 Å². The second-order valence-corrected chi connectivity index (χ2v) is 3.37. The first-order valence-electron chi connectivity index (χ1n) is 4.88. The molecule has 0 aromatic carbocycles. The molecule has 0 aromatic rings. The summed E-state index contributed by atoms with van der Waals surface area (Å²) in [5.74, 6) is -8.78. The average Bonchev–Trinajstić information content (AvgIpc) is 2.25. The molecule has 0 heterocycles. The van der Waals surface area contributed by atoms with Crippen LogP contribution in [0, 0.1) is 0 Å². The monoisotopic (exact) mass is 444 g/mol. The van der Waals surface area contributed by atoms with Crippen LogP contribution in [0.15, 0.2) is 0 Å².